The molecular weight excluding hydrogens is 315 g/mol. The molecule has 0 aliphatic heterocycles. The monoisotopic (exact) mass is 329 g/mol. The lowest BCUT2D eigenvalue weighted by Crippen LogP contribution is -2.23. The van der Waals surface area contributed by atoms with Crippen molar-refractivity contribution in [3.05, 3.63) is 69.2 Å². The zero-order valence-electron chi connectivity index (χ0n) is 11.6. The van der Waals surface area contributed by atoms with Crippen molar-refractivity contribution in [1.82, 2.24) is 5.32 Å². The standard InChI is InChI=1S/C16H15Cl2F2N/c1-9(13-5-3-11(17)7-15(13)18)21-10(2)14-8-12(19)4-6-16(14)20/h3-10,21H,1-2H3. The highest BCUT2D eigenvalue weighted by molar-refractivity contribution is 6.35. The molecule has 2 rings (SSSR count). The van der Waals surface area contributed by atoms with Crippen LogP contribution in [0.25, 0.3) is 0 Å². The van der Waals surface area contributed by atoms with Gasteiger partial charge in [-0.25, -0.2) is 8.78 Å². The summed E-state index contributed by atoms with van der Waals surface area (Å²) in [7, 11) is 0. The normalized spacial score (nSPS) is 14.0. The number of nitrogens with one attached hydrogen (secondary N) is 1. The zero-order valence-corrected chi connectivity index (χ0v) is 13.1. The summed E-state index contributed by atoms with van der Waals surface area (Å²) >= 11 is 12.0. The summed E-state index contributed by atoms with van der Waals surface area (Å²) in [5.41, 5.74) is 1.14. The van der Waals surface area contributed by atoms with Gasteiger partial charge < -0.3 is 5.32 Å². The minimum Gasteiger partial charge on any atom is -0.303 e. The molecule has 0 spiro atoms. The second-order valence-corrected chi connectivity index (χ2v) is 5.79. The van der Waals surface area contributed by atoms with Gasteiger partial charge in [-0.3, -0.25) is 0 Å². The lowest BCUT2D eigenvalue weighted by atomic mass is 10.0. The molecule has 0 fully saturated rings. The Morgan fingerprint density at radius 1 is 0.905 bits per heavy atom. The van der Waals surface area contributed by atoms with Gasteiger partial charge in [-0.15, -0.1) is 0 Å². The van der Waals surface area contributed by atoms with Gasteiger partial charge in [-0.1, -0.05) is 29.3 Å². The van der Waals surface area contributed by atoms with Crippen LogP contribution in [-0.2, 0) is 0 Å². The molecule has 21 heavy (non-hydrogen) atoms. The smallest absolute Gasteiger partial charge is 0.128 e. The number of rotatable bonds is 4. The van der Waals surface area contributed by atoms with Gasteiger partial charge in [0.2, 0.25) is 0 Å². The lowest BCUT2D eigenvalue weighted by Gasteiger charge is -2.22. The van der Waals surface area contributed by atoms with E-state index >= 15 is 0 Å². The van der Waals surface area contributed by atoms with E-state index < -0.39 is 11.6 Å². The first-order valence-electron chi connectivity index (χ1n) is 6.54. The SMILES string of the molecule is CC(NC(C)c1ccc(Cl)cc1Cl)c1cc(F)ccc1F. The van der Waals surface area contributed by atoms with E-state index in [0.29, 0.717) is 10.0 Å². The van der Waals surface area contributed by atoms with E-state index in [1.165, 1.54) is 6.07 Å². The van der Waals surface area contributed by atoms with Crippen LogP contribution >= 0.6 is 23.2 Å². The largest absolute Gasteiger partial charge is 0.303 e. The fraction of sp³-hybridized carbons (Fsp3) is 0.250. The number of benzene rings is 2. The van der Waals surface area contributed by atoms with Gasteiger partial charge >= 0.3 is 0 Å². The predicted molar refractivity (Wildman–Crippen MR) is 82.8 cm³/mol. The zero-order chi connectivity index (χ0) is 15.6. The first kappa shape index (κ1) is 16.2. The second-order valence-electron chi connectivity index (χ2n) is 4.94. The van der Waals surface area contributed by atoms with Gasteiger partial charge in [-0.05, 0) is 49.7 Å². The molecule has 1 N–H and O–H groups in total. The Bertz CT molecular complexity index is 646. The van der Waals surface area contributed by atoms with Crippen molar-refractivity contribution in [2.75, 3.05) is 0 Å². The third kappa shape index (κ3) is 3.94. The summed E-state index contributed by atoms with van der Waals surface area (Å²) in [5, 5.41) is 4.30. The predicted octanol–water partition coefficient (Wildman–Crippen LogP) is 5.68. The molecule has 112 valence electrons. The molecule has 2 aromatic carbocycles. The molecular formula is C16H15Cl2F2N. The van der Waals surface area contributed by atoms with Crippen molar-refractivity contribution in [2.45, 2.75) is 25.9 Å². The maximum atomic E-state index is 13.8. The summed E-state index contributed by atoms with van der Waals surface area (Å²) in [6.07, 6.45) is 0. The fourth-order valence-electron chi connectivity index (χ4n) is 2.25. The van der Waals surface area contributed by atoms with Gasteiger partial charge in [0, 0.05) is 27.7 Å². The van der Waals surface area contributed by atoms with Gasteiger partial charge in [0.1, 0.15) is 11.6 Å². The maximum Gasteiger partial charge on any atom is 0.128 e. The van der Waals surface area contributed by atoms with Crippen molar-refractivity contribution in [3.8, 4) is 0 Å². The van der Waals surface area contributed by atoms with Gasteiger partial charge in [0.15, 0.2) is 0 Å². The highest BCUT2D eigenvalue weighted by Gasteiger charge is 2.17. The van der Waals surface area contributed by atoms with E-state index in [-0.39, 0.29) is 17.6 Å². The van der Waals surface area contributed by atoms with E-state index in [9.17, 15) is 8.78 Å². The molecule has 0 heterocycles. The highest BCUT2D eigenvalue weighted by atomic mass is 35.5. The molecule has 0 aliphatic rings. The fourth-order valence-corrected chi connectivity index (χ4v) is 2.83. The van der Waals surface area contributed by atoms with Gasteiger partial charge in [0.05, 0.1) is 0 Å². The number of hydrogen-bond acceptors (Lipinski definition) is 1. The van der Waals surface area contributed by atoms with Crippen molar-refractivity contribution >= 4 is 23.2 Å². The van der Waals surface area contributed by atoms with E-state index in [1.807, 2.05) is 13.0 Å². The number of hydrogen-bond donors (Lipinski definition) is 1. The summed E-state index contributed by atoms with van der Waals surface area (Å²) in [4.78, 5) is 0. The Morgan fingerprint density at radius 2 is 1.57 bits per heavy atom. The van der Waals surface area contributed by atoms with Crippen molar-refractivity contribution < 1.29 is 8.78 Å². The minimum atomic E-state index is -0.461. The Morgan fingerprint density at radius 3 is 2.24 bits per heavy atom. The summed E-state index contributed by atoms with van der Waals surface area (Å²) in [6.45, 7) is 3.68. The first-order chi connectivity index (χ1) is 9.88. The van der Waals surface area contributed by atoms with Crippen LogP contribution in [0, 0.1) is 11.6 Å². The van der Waals surface area contributed by atoms with Crippen molar-refractivity contribution in [2.24, 2.45) is 0 Å². The Hall–Kier alpha value is -1.16. The topological polar surface area (TPSA) is 12.0 Å². The molecule has 2 aromatic rings. The summed E-state index contributed by atoms with van der Waals surface area (Å²) in [5.74, 6) is -0.900. The second kappa shape index (κ2) is 6.73. The van der Waals surface area contributed by atoms with Gasteiger partial charge in [0.25, 0.3) is 0 Å². The van der Waals surface area contributed by atoms with Crippen LogP contribution < -0.4 is 5.32 Å². The van der Waals surface area contributed by atoms with Gasteiger partial charge in [-0.2, -0.15) is 0 Å². The molecule has 0 saturated carbocycles. The molecule has 0 bridgehead atoms. The van der Waals surface area contributed by atoms with Crippen molar-refractivity contribution in [1.29, 1.82) is 0 Å². The van der Waals surface area contributed by atoms with Crippen LogP contribution in [-0.4, -0.2) is 0 Å². The van der Waals surface area contributed by atoms with E-state index in [2.05, 4.69) is 5.32 Å². The molecule has 1 nitrogen and oxygen atoms in total. The molecule has 0 saturated heterocycles. The average molecular weight is 330 g/mol. The minimum absolute atomic E-state index is 0.132. The average Bonchev–Trinajstić information content (AvgIpc) is 2.41. The molecule has 0 aromatic heterocycles. The molecule has 0 radical (unpaired) electrons. The van der Waals surface area contributed by atoms with E-state index in [1.54, 1.807) is 19.1 Å². The Kier molecular flexibility index (Phi) is 5.20. The van der Waals surface area contributed by atoms with Crippen LogP contribution in [0.1, 0.15) is 37.1 Å². The van der Waals surface area contributed by atoms with Crippen LogP contribution in [0.4, 0.5) is 8.78 Å². The van der Waals surface area contributed by atoms with Crippen LogP contribution in [0.5, 0.6) is 0 Å². The summed E-state index contributed by atoms with van der Waals surface area (Å²) in [6, 6.07) is 8.15. The highest BCUT2D eigenvalue weighted by Crippen LogP contribution is 2.28. The van der Waals surface area contributed by atoms with E-state index in [4.69, 9.17) is 23.2 Å². The maximum absolute atomic E-state index is 13.8. The molecule has 0 aliphatic carbocycles. The van der Waals surface area contributed by atoms with Crippen LogP contribution in [0.15, 0.2) is 36.4 Å². The molecule has 5 heteroatoms. The van der Waals surface area contributed by atoms with Crippen LogP contribution in [0.2, 0.25) is 10.0 Å². The third-order valence-corrected chi connectivity index (χ3v) is 3.92. The Balaban J connectivity index is 2.18. The van der Waals surface area contributed by atoms with Crippen LogP contribution in [0.3, 0.4) is 0 Å². The quantitative estimate of drug-likeness (QED) is 0.760. The molecule has 2 atom stereocenters. The van der Waals surface area contributed by atoms with Crippen molar-refractivity contribution in [3.63, 3.8) is 0 Å². The molecule has 0 amide bonds. The Labute approximate surface area is 132 Å². The lowest BCUT2D eigenvalue weighted by molar-refractivity contribution is 0.470. The molecule has 2 unspecified atom stereocenters. The summed E-state index contributed by atoms with van der Waals surface area (Å²) < 4.78 is 27.0. The number of halogens is 4. The first-order valence-corrected chi connectivity index (χ1v) is 7.30. The third-order valence-electron chi connectivity index (χ3n) is 3.35. The van der Waals surface area contributed by atoms with E-state index in [0.717, 1.165) is 17.7 Å².